The second kappa shape index (κ2) is 5.52. The number of thiophene rings is 1. The Kier molecular flexibility index (Phi) is 4.21. The lowest BCUT2D eigenvalue weighted by molar-refractivity contribution is 0.568. The molecule has 0 fully saturated rings. The minimum absolute atomic E-state index is 0.285. The van der Waals surface area contributed by atoms with Crippen molar-refractivity contribution >= 4 is 37.3 Å². The van der Waals surface area contributed by atoms with Crippen LogP contribution >= 0.6 is 27.3 Å². The summed E-state index contributed by atoms with van der Waals surface area (Å²) in [6.45, 7) is 1.82. The highest BCUT2D eigenvalue weighted by Gasteiger charge is 2.20. The highest BCUT2D eigenvalue weighted by molar-refractivity contribution is 9.10. The van der Waals surface area contributed by atoms with Gasteiger partial charge >= 0.3 is 0 Å². The molecule has 1 heterocycles. The maximum absolute atomic E-state index is 12.1. The Hall–Kier alpha value is -0.690. The monoisotopic (exact) mass is 345 g/mol. The van der Waals surface area contributed by atoms with Crippen molar-refractivity contribution in [2.45, 2.75) is 17.2 Å². The topological polar surface area (TPSA) is 46.2 Å². The quantitative estimate of drug-likeness (QED) is 0.920. The molecule has 0 saturated carbocycles. The first-order valence-corrected chi connectivity index (χ1v) is 8.46. The van der Waals surface area contributed by atoms with E-state index in [4.69, 9.17) is 0 Å². The molecule has 0 aliphatic heterocycles. The van der Waals surface area contributed by atoms with Gasteiger partial charge in [-0.1, -0.05) is 40.2 Å². The molecule has 1 aromatic heterocycles. The molecule has 96 valence electrons. The second-order valence-electron chi connectivity index (χ2n) is 3.80. The largest absolute Gasteiger partial charge is 0.250 e. The Morgan fingerprint density at radius 3 is 2.56 bits per heavy atom. The van der Waals surface area contributed by atoms with E-state index in [1.165, 1.54) is 11.3 Å². The number of hydrogen-bond donors (Lipinski definition) is 1. The van der Waals surface area contributed by atoms with E-state index in [-0.39, 0.29) is 6.04 Å². The van der Waals surface area contributed by atoms with Crippen LogP contribution in [0.15, 0.2) is 50.5 Å². The zero-order valence-electron chi connectivity index (χ0n) is 9.63. The summed E-state index contributed by atoms with van der Waals surface area (Å²) in [4.78, 5) is 0. The Labute approximate surface area is 119 Å². The van der Waals surface area contributed by atoms with Gasteiger partial charge in [0.25, 0.3) is 10.0 Å². The molecule has 1 aromatic carbocycles. The highest BCUT2D eigenvalue weighted by Crippen LogP contribution is 2.25. The van der Waals surface area contributed by atoms with Gasteiger partial charge in [-0.2, -0.15) is 0 Å². The van der Waals surface area contributed by atoms with Gasteiger partial charge in [-0.3, -0.25) is 0 Å². The van der Waals surface area contributed by atoms with Crippen LogP contribution in [0.4, 0.5) is 0 Å². The molecule has 0 amide bonds. The minimum Gasteiger partial charge on any atom is -0.206 e. The number of sulfonamides is 1. The van der Waals surface area contributed by atoms with Gasteiger partial charge in [0.15, 0.2) is 0 Å². The van der Waals surface area contributed by atoms with Gasteiger partial charge in [-0.25, -0.2) is 13.1 Å². The molecular formula is C12H12BrNO2S2. The molecule has 0 radical (unpaired) electrons. The van der Waals surface area contributed by atoms with E-state index in [1.54, 1.807) is 17.5 Å². The van der Waals surface area contributed by atoms with Crippen molar-refractivity contribution < 1.29 is 8.42 Å². The molecule has 0 aliphatic carbocycles. The summed E-state index contributed by atoms with van der Waals surface area (Å²) >= 11 is 4.63. The summed E-state index contributed by atoms with van der Waals surface area (Å²) in [6.07, 6.45) is 0. The predicted octanol–water partition coefficient (Wildman–Crippen LogP) is 3.55. The summed E-state index contributed by atoms with van der Waals surface area (Å²) in [5, 5.41) is 1.75. The molecule has 1 N–H and O–H groups in total. The van der Waals surface area contributed by atoms with Gasteiger partial charge in [0, 0.05) is 10.5 Å². The summed E-state index contributed by atoms with van der Waals surface area (Å²) in [6, 6.07) is 10.6. The van der Waals surface area contributed by atoms with Gasteiger partial charge in [-0.05, 0) is 30.0 Å². The molecule has 3 nitrogen and oxygen atoms in total. The first kappa shape index (κ1) is 13.7. The van der Waals surface area contributed by atoms with Crippen LogP contribution in [0.3, 0.4) is 0 Å². The number of benzene rings is 1. The molecular weight excluding hydrogens is 334 g/mol. The smallest absolute Gasteiger partial charge is 0.206 e. The van der Waals surface area contributed by atoms with Crippen LogP contribution in [-0.2, 0) is 10.0 Å². The van der Waals surface area contributed by atoms with Gasteiger partial charge in [0.05, 0.1) is 0 Å². The van der Waals surface area contributed by atoms with Crippen molar-refractivity contribution in [2.24, 2.45) is 0 Å². The van der Waals surface area contributed by atoms with Crippen LogP contribution in [0.5, 0.6) is 0 Å². The maximum Gasteiger partial charge on any atom is 0.250 e. The number of nitrogens with one attached hydrogen (secondary N) is 1. The zero-order valence-corrected chi connectivity index (χ0v) is 12.8. The van der Waals surface area contributed by atoms with E-state index < -0.39 is 10.0 Å². The second-order valence-corrected chi connectivity index (χ2v) is 7.54. The van der Waals surface area contributed by atoms with Crippen molar-refractivity contribution in [2.75, 3.05) is 0 Å². The van der Waals surface area contributed by atoms with E-state index in [0.717, 1.165) is 10.0 Å². The lowest BCUT2D eigenvalue weighted by Gasteiger charge is -2.15. The average molecular weight is 346 g/mol. The Balaban J connectivity index is 2.23. The lowest BCUT2D eigenvalue weighted by Crippen LogP contribution is -2.26. The van der Waals surface area contributed by atoms with Crippen LogP contribution in [0, 0.1) is 0 Å². The molecule has 0 spiro atoms. The fourth-order valence-corrected chi connectivity index (χ4v) is 4.46. The van der Waals surface area contributed by atoms with Gasteiger partial charge in [-0.15, -0.1) is 11.3 Å². The third kappa shape index (κ3) is 3.00. The fraction of sp³-hybridized carbons (Fsp3) is 0.167. The highest BCUT2D eigenvalue weighted by atomic mass is 79.9. The molecule has 0 bridgehead atoms. The van der Waals surface area contributed by atoms with Crippen molar-refractivity contribution in [1.82, 2.24) is 4.72 Å². The van der Waals surface area contributed by atoms with Crippen LogP contribution < -0.4 is 4.72 Å². The molecule has 0 saturated heterocycles. The lowest BCUT2D eigenvalue weighted by atomic mass is 10.1. The van der Waals surface area contributed by atoms with Crippen LogP contribution in [0.2, 0.25) is 0 Å². The molecule has 2 rings (SSSR count). The number of rotatable bonds is 4. The van der Waals surface area contributed by atoms with E-state index in [0.29, 0.717) is 4.21 Å². The molecule has 6 heteroatoms. The Bertz CT molecular complexity index is 623. The molecule has 2 aromatic rings. The Morgan fingerprint density at radius 1 is 1.22 bits per heavy atom. The SMILES string of the molecule is CC(NS(=O)(=O)c1cccs1)c1ccccc1Br. The number of hydrogen-bond acceptors (Lipinski definition) is 3. The minimum atomic E-state index is -3.43. The van der Waals surface area contributed by atoms with Gasteiger partial charge in [0.2, 0.25) is 0 Å². The van der Waals surface area contributed by atoms with E-state index in [9.17, 15) is 8.42 Å². The van der Waals surface area contributed by atoms with E-state index in [1.807, 2.05) is 31.2 Å². The summed E-state index contributed by atoms with van der Waals surface area (Å²) in [7, 11) is -3.43. The normalized spacial score (nSPS) is 13.4. The maximum atomic E-state index is 12.1. The molecule has 1 atom stereocenters. The molecule has 0 aliphatic rings. The van der Waals surface area contributed by atoms with Crippen molar-refractivity contribution in [3.63, 3.8) is 0 Å². The third-order valence-corrected chi connectivity index (χ3v) is 6.12. The Morgan fingerprint density at radius 2 is 1.94 bits per heavy atom. The fourth-order valence-electron chi connectivity index (χ4n) is 1.60. The summed E-state index contributed by atoms with van der Waals surface area (Å²) in [5.41, 5.74) is 0.914. The molecule has 1 unspecified atom stereocenters. The zero-order chi connectivity index (χ0) is 13.2. The first-order valence-electron chi connectivity index (χ1n) is 5.31. The van der Waals surface area contributed by atoms with Crippen LogP contribution in [-0.4, -0.2) is 8.42 Å². The van der Waals surface area contributed by atoms with Crippen molar-refractivity contribution in [3.05, 3.63) is 51.8 Å². The summed E-state index contributed by atoms with van der Waals surface area (Å²) in [5.74, 6) is 0. The standard InChI is InChI=1S/C12H12BrNO2S2/c1-9(10-5-2-3-6-11(10)13)14-18(15,16)12-7-4-8-17-12/h2-9,14H,1H3. The summed E-state index contributed by atoms with van der Waals surface area (Å²) < 4.78 is 28.0. The van der Waals surface area contributed by atoms with Gasteiger partial charge in [0.1, 0.15) is 4.21 Å². The van der Waals surface area contributed by atoms with E-state index in [2.05, 4.69) is 20.7 Å². The van der Waals surface area contributed by atoms with E-state index >= 15 is 0 Å². The predicted molar refractivity (Wildman–Crippen MR) is 77.2 cm³/mol. The van der Waals surface area contributed by atoms with Crippen LogP contribution in [0.1, 0.15) is 18.5 Å². The van der Waals surface area contributed by atoms with Gasteiger partial charge < -0.3 is 0 Å². The van der Waals surface area contributed by atoms with Crippen molar-refractivity contribution in [1.29, 1.82) is 0 Å². The third-order valence-electron chi connectivity index (χ3n) is 2.46. The van der Waals surface area contributed by atoms with Crippen molar-refractivity contribution in [3.8, 4) is 0 Å². The van der Waals surface area contributed by atoms with Crippen LogP contribution in [0.25, 0.3) is 0 Å². The first-order chi connectivity index (χ1) is 8.50. The average Bonchev–Trinajstić information content (AvgIpc) is 2.82. The molecule has 18 heavy (non-hydrogen) atoms. The number of halogens is 1.